The summed E-state index contributed by atoms with van der Waals surface area (Å²) in [4.78, 5) is 11.0. The van der Waals surface area contributed by atoms with Crippen molar-refractivity contribution in [2.75, 3.05) is 13.1 Å². The van der Waals surface area contributed by atoms with E-state index in [0.29, 0.717) is 10.8 Å². The van der Waals surface area contributed by atoms with Gasteiger partial charge in [0.25, 0.3) is 5.19 Å². The summed E-state index contributed by atoms with van der Waals surface area (Å²) in [6.45, 7) is 7.15. The van der Waals surface area contributed by atoms with E-state index in [1.54, 1.807) is 6.20 Å². The molecular formula is C19H19N3O2S. The zero-order valence-electron chi connectivity index (χ0n) is 14.2. The van der Waals surface area contributed by atoms with E-state index in [2.05, 4.69) is 34.8 Å². The Morgan fingerprint density at radius 2 is 2.04 bits per heavy atom. The molecule has 25 heavy (non-hydrogen) atoms. The molecule has 0 bridgehead atoms. The van der Waals surface area contributed by atoms with E-state index in [4.69, 9.17) is 9.15 Å². The molecule has 0 saturated carbocycles. The molecule has 6 heteroatoms. The zero-order chi connectivity index (χ0) is 17.2. The number of pyridine rings is 1. The fourth-order valence-corrected chi connectivity index (χ4v) is 3.57. The molecule has 0 saturated heterocycles. The van der Waals surface area contributed by atoms with Crippen LogP contribution in [0.3, 0.4) is 0 Å². The van der Waals surface area contributed by atoms with Crippen LogP contribution in [0.15, 0.2) is 47.0 Å². The molecule has 0 amide bonds. The molecule has 0 unspecified atom stereocenters. The lowest BCUT2D eigenvalue weighted by atomic mass is 10.2. The van der Waals surface area contributed by atoms with Crippen molar-refractivity contribution in [1.82, 2.24) is 14.9 Å². The average Bonchev–Trinajstić information content (AvgIpc) is 3.21. The first-order valence-corrected chi connectivity index (χ1v) is 9.21. The van der Waals surface area contributed by atoms with Crippen LogP contribution in [0.5, 0.6) is 10.9 Å². The number of ether oxygens (including phenoxy) is 1. The molecule has 0 aliphatic rings. The molecule has 0 spiro atoms. The van der Waals surface area contributed by atoms with Crippen LogP contribution < -0.4 is 4.74 Å². The SMILES string of the molecule is CCN(CC)Cc1cc2cc(Oc3nc4ncccc4s3)ccc2o1. The van der Waals surface area contributed by atoms with Gasteiger partial charge in [0.1, 0.15) is 17.1 Å². The molecule has 1 aromatic carbocycles. The number of fused-ring (bicyclic) bond motifs is 2. The van der Waals surface area contributed by atoms with Crippen molar-refractivity contribution < 1.29 is 9.15 Å². The second-order valence-corrected chi connectivity index (χ2v) is 6.77. The molecule has 0 fully saturated rings. The maximum Gasteiger partial charge on any atom is 0.281 e. The molecule has 0 aliphatic heterocycles. The highest BCUT2D eigenvalue weighted by Gasteiger charge is 2.10. The minimum atomic E-state index is 0.597. The van der Waals surface area contributed by atoms with Crippen LogP contribution in [-0.4, -0.2) is 28.0 Å². The van der Waals surface area contributed by atoms with Gasteiger partial charge in [-0.3, -0.25) is 4.90 Å². The van der Waals surface area contributed by atoms with E-state index >= 15 is 0 Å². The molecule has 3 aromatic heterocycles. The number of thiazole rings is 1. The van der Waals surface area contributed by atoms with Crippen LogP contribution in [0.25, 0.3) is 21.3 Å². The predicted molar refractivity (Wildman–Crippen MR) is 100 cm³/mol. The van der Waals surface area contributed by atoms with E-state index in [-0.39, 0.29) is 0 Å². The zero-order valence-corrected chi connectivity index (χ0v) is 15.0. The second kappa shape index (κ2) is 6.82. The fraction of sp³-hybridized carbons (Fsp3) is 0.263. The number of nitrogens with zero attached hydrogens (tertiary/aromatic N) is 3. The van der Waals surface area contributed by atoms with E-state index in [1.165, 1.54) is 11.3 Å². The number of aromatic nitrogens is 2. The summed E-state index contributed by atoms with van der Waals surface area (Å²) < 4.78 is 12.9. The summed E-state index contributed by atoms with van der Waals surface area (Å²) in [5.41, 5.74) is 1.59. The maximum absolute atomic E-state index is 5.94. The van der Waals surface area contributed by atoms with Crippen LogP contribution in [0.1, 0.15) is 19.6 Å². The van der Waals surface area contributed by atoms with E-state index in [0.717, 1.165) is 46.8 Å². The van der Waals surface area contributed by atoms with Gasteiger partial charge in [-0.2, -0.15) is 4.98 Å². The Morgan fingerprint density at radius 3 is 2.84 bits per heavy atom. The summed E-state index contributed by atoms with van der Waals surface area (Å²) >= 11 is 1.49. The molecule has 5 nitrogen and oxygen atoms in total. The third-order valence-electron chi connectivity index (χ3n) is 4.16. The predicted octanol–water partition coefficient (Wildman–Crippen LogP) is 5.07. The van der Waals surface area contributed by atoms with Crippen LogP contribution >= 0.6 is 11.3 Å². The molecule has 4 aromatic rings. The van der Waals surface area contributed by atoms with Crippen LogP contribution in [0, 0.1) is 0 Å². The summed E-state index contributed by atoms with van der Waals surface area (Å²) in [6, 6.07) is 11.8. The first-order chi connectivity index (χ1) is 12.2. The fourth-order valence-electron chi connectivity index (χ4n) is 2.78. The van der Waals surface area contributed by atoms with Crippen molar-refractivity contribution >= 4 is 32.7 Å². The third kappa shape index (κ3) is 3.36. The highest BCUT2D eigenvalue weighted by Crippen LogP contribution is 2.32. The average molecular weight is 353 g/mol. The number of hydrogen-bond donors (Lipinski definition) is 0. The lowest BCUT2D eigenvalue weighted by Crippen LogP contribution is -2.21. The lowest BCUT2D eigenvalue weighted by Gasteiger charge is -2.15. The Hall–Kier alpha value is -2.44. The second-order valence-electron chi connectivity index (χ2n) is 5.78. The van der Waals surface area contributed by atoms with Crippen LogP contribution in [0.4, 0.5) is 0 Å². The Balaban J connectivity index is 1.57. The van der Waals surface area contributed by atoms with Crippen LogP contribution in [0.2, 0.25) is 0 Å². The quantitative estimate of drug-likeness (QED) is 0.484. The van der Waals surface area contributed by atoms with Gasteiger partial charge in [-0.05, 0) is 49.5 Å². The summed E-state index contributed by atoms with van der Waals surface area (Å²) in [7, 11) is 0. The molecule has 128 valence electrons. The Bertz CT molecular complexity index is 971. The smallest absolute Gasteiger partial charge is 0.281 e. The summed E-state index contributed by atoms with van der Waals surface area (Å²) in [5.74, 6) is 1.72. The van der Waals surface area contributed by atoms with Crippen molar-refractivity contribution in [2.24, 2.45) is 0 Å². The number of hydrogen-bond acceptors (Lipinski definition) is 6. The summed E-state index contributed by atoms with van der Waals surface area (Å²) in [5, 5.41) is 1.64. The van der Waals surface area contributed by atoms with Gasteiger partial charge in [0.15, 0.2) is 5.65 Å². The van der Waals surface area contributed by atoms with Gasteiger partial charge < -0.3 is 9.15 Å². The van der Waals surface area contributed by atoms with Gasteiger partial charge in [0.2, 0.25) is 0 Å². The standard InChI is InChI=1S/C19H19N3O2S/c1-3-22(4-2)12-15-11-13-10-14(7-8-16(13)23-15)24-19-21-18-17(25-19)6-5-9-20-18/h5-11H,3-4,12H2,1-2H3. The Morgan fingerprint density at radius 1 is 1.16 bits per heavy atom. The highest BCUT2D eigenvalue weighted by molar-refractivity contribution is 7.20. The van der Waals surface area contributed by atoms with Gasteiger partial charge in [-0.15, -0.1) is 0 Å². The third-order valence-corrected chi connectivity index (χ3v) is 5.05. The highest BCUT2D eigenvalue weighted by atomic mass is 32.1. The lowest BCUT2D eigenvalue weighted by molar-refractivity contribution is 0.272. The van der Waals surface area contributed by atoms with Crippen molar-refractivity contribution in [3.63, 3.8) is 0 Å². The minimum absolute atomic E-state index is 0.597. The van der Waals surface area contributed by atoms with E-state index < -0.39 is 0 Å². The molecule has 0 atom stereocenters. The molecule has 0 N–H and O–H groups in total. The number of rotatable bonds is 6. The van der Waals surface area contributed by atoms with Crippen LogP contribution in [-0.2, 0) is 6.54 Å². The number of benzene rings is 1. The van der Waals surface area contributed by atoms with Gasteiger partial charge in [0, 0.05) is 11.6 Å². The van der Waals surface area contributed by atoms with Gasteiger partial charge in [0.05, 0.1) is 11.2 Å². The van der Waals surface area contributed by atoms with E-state index in [1.807, 2.05) is 30.3 Å². The monoisotopic (exact) mass is 353 g/mol. The number of furan rings is 1. The molecule has 0 aliphatic carbocycles. The van der Waals surface area contributed by atoms with Crippen molar-refractivity contribution in [3.05, 3.63) is 48.4 Å². The molecule has 0 radical (unpaired) electrons. The van der Waals surface area contributed by atoms with Crippen molar-refractivity contribution in [2.45, 2.75) is 20.4 Å². The Labute approximate surface area is 149 Å². The molecule has 3 heterocycles. The summed E-state index contributed by atoms with van der Waals surface area (Å²) in [6.07, 6.45) is 1.74. The molecule has 4 rings (SSSR count). The Kier molecular flexibility index (Phi) is 4.38. The van der Waals surface area contributed by atoms with E-state index in [9.17, 15) is 0 Å². The maximum atomic E-state index is 5.94. The largest absolute Gasteiger partial charge is 0.460 e. The van der Waals surface area contributed by atoms with Gasteiger partial charge in [-0.25, -0.2) is 4.98 Å². The molecular weight excluding hydrogens is 334 g/mol. The first-order valence-electron chi connectivity index (χ1n) is 8.39. The van der Waals surface area contributed by atoms with Crippen molar-refractivity contribution in [3.8, 4) is 10.9 Å². The normalized spacial score (nSPS) is 11.6. The van der Waals surface area contributed by atoms with Gasteiger partial charge in [-0.1, -0.05) is 25.2 Å². The minimum Gasteiger partial charge on any atom is -0.460 e. The first kappa shape index (κ1) is 16.1. The van der Waals surface area contributed by atoms with Crippen molar-refractivity contribution in [1.29, 1.82) is 0 Å². The topological polar surface area (TPSA) is 51.4 Å². The van der Waals surface area contributed by atoms with Gasteiger partial charge >= 0.3 is 0 Å².